The zero-order valence-electron chi connectivity index (χ0n) is 28.3. The Balaban J connectivity index is 1.08. The number of alkyl halides is 6. The number of nitrogens with zero attached hydrogens (tertiary/aromatic N) is 2. The van der Waals surface area contributed by atoms with Crippen LogP contribution in [0.5, 0.6) is 0 Å². The summed E-state index contributed by atoms with van der Waals surface area (Å²) in [5.74, 6) is -0.0550. The summed E-state index contributed by atoms with van der Waals surface area (Å²) >= 11 is 0. The van der Waals surface area contributed by atoms with Gasteiger partial charge in [-0.1, -0.05) is 68.0 Å². The average molecular weight is 712 g/mol. The van der Waals surface area contributed by atoms with Crippen molar-refractivity contribution < 1.29 is 26.3 Å². The first-order valence-corrected chi connectivity index (χ1v) is 17.0. The fourth-order valence-corrected chi connectivity index (χ4v) is 8.63. The molecule has 0 heterocycles. The van der Waals surface area contributed by atoms with E-state index in [1.54, 1.807) is 0 Å². The molecule has 0 bridgehead atoms. The monoisotopic (exact) mass is 711 g/mol. The van der Waals surface area contributed by atoms with Crippen LogP contribution in [0, 0.1) is 16.9 Å². The van der Waals surface area contributed by atoms with Gasteiger partial charge in [-0.3, -0.25) is 5.41 Å². The fraction of sp³-hybridized carbons (Fsp3) is 0.159. The van der Waals surface area contributed by atoms with Crippen LogP contribution in [-0.2, 0) is 17.8 Å². The summed E-state index contributed by atoms with van der Waals surface area (Å²) in [5.41, 5.74) is 12.3. The van der Waals surface area contributed by atoms with Crippen LogP contribution in [0.3, 0.4) is 0 Å². The Bertz CT molecular complexity index is 2590. The van der Waals surface area contributed by atoms with Gasteiger partial charge >= 0.3 is 12.4 Å². The Morgan fingerprint density at radius 2 is 1.21 bits per heavy atom. The van der Waals surface area contributed by atoms with E-state index >= 15 is 0 Å². The third kappa shape index (κ3) is 4.88. The normalized spacial score (nSPS) is 18.5. The number of halogens is 6. The second-order valence-corrected chi connectivity index (χ2v) is 14.5. The van der Waals surface area contributed by atoms with E-state index in [-0.39, 0.29) is 11.3 Å². The van der Waals surface area contributed by atoms with Crippen molar-refractivity contribution in [3.63, 3.8) is 0 Å². The highest BCUT2D eigenvalue weighted by molar-refractivity contribution is 6.24. The van der Waals surface area contributed by atoms with E-state index in [4.69, 9.17) is 0 Å². The van der Waals surface area contributed by atoms with E-state index in [0.717, 1.165) is 85.5 Å². The van der Waals surface area contributed by atoms with Crippen LogP contribution in [0.1, 0.15) is 70.7 Å². The maximum atomic E-state index is 13.2. The van der Waals surface area contributed by atoms with Gasteiger partial charge in [-0.2, -0.15) is 36.6 Å². The number of allylic oxidation sites excluding steroid dienone is 4. The van der Waals surface area contributed by atoms with Crippen molar-refractivity contribution in [3.8, 4) is 39.6 Å². The van der Waals surface area contributed by atoms with Crippen molar-refractivity contribution in [2.75, 3.05) is 0 Å². The number of nitriles is 1. The fourth-order valence-electron chi connectivity index (χ4n) is 8.63. The average Bonchev–Trinajstić information content (AvgIpc) is 3.67. The molecule has 260 valence electrons. The topological polar surface area (TPSA) is 60.0 Å². The van der Waals surface area contributed by atoms with E-state index in [2.05, 4.69) is 37.0 Å². The third-order valence-electron chi connectivity index (χ3n) is 11.3. The van der Waals surface area contributed by atoms with Crippen LogP contribution in [0.2, 0.25) is 0 Å². The minimum atomic E-state index is -4.43. The molecule has 4 aliphatic carbocycles. The molecule has 1 atom stereocenters. The summed E-state index contributed by atoms with van der Waals surface area (Å²) in [6.45, 7) is 4.39. The molecular formula is C44H27F6N3. The van der Waals surface area contributed by atoms with Gasteiger partial charge < -0.3 is 0 Å². The van der Waals surface area contributed by atoms with Crippen molar-refractivity contribution in [2.45, 2.75) is 44.0 Å². The van der Waals surface area contributed by atoms with Gasteiger partial charge in [0.05, 0.1) is 22.6 Å². The molecule has 0 amide bonds. The second-order valence-electron chi connectivity index (χ2n) is 14.5. The summed E-state index contributed by atoms with van der Waals surface area (Å²) in [6, 6.07) is 25.8. The summed E-state index contributed by atoms with van der Waals surface area (Å²) < 4.78 is 79.2. The van der Waals surface area contributed by atoms with Gasteiger partial charge in [0.2, 0.25) is 6.19 Å². The summed E-state index contributed by atoms with van der Waals surface area (Å²) in [7, 11) is 0. The predicted octanol–water partition coefficient (Wildman–Crippen LogP) is 11.9. The first kappa shape index (κ1) is 32.9. The minimum Gasteiger partial charge on any atom is -0.300 e. The molecule has 3 nitrogen and oxygen atoms in total. The number of benzene rings is 5. The van der Waals surface area contributed by atoms with Gasteiger partial charge in [-0.05, 0) is 122 Å². The Kier molecular flexibility index (Phi) is 6.82. The molecule has 53 heavy (non-hydrogen) atoms. The van der Waals surface area contributed by atoms with E-state index in [1.807, 2.05) is 42.6 Å². The van der Waals surface area contributed by atoms with Crippen LogP contribution in [-0.4, -0.2) is 11.4 Å². The van der Waals surface area contributed by atoms with Gasteiger partial charge in [-0.25, -0.2) is 0 Å². The van der Waals surface area contributed by atoms with Gasteiger partial charge in [0.25, 0.3) is 0 Å². The van der Waals surface area contributed by atoms with Crippen LogP contribution in [0.25, 0.3) is 39.0 Å². The summed E-state index contributed by atoms with van der Waals surface area (Å²) in [5, 5.41) is 19.0. The van der Waals surface area contributed by atoms with Gasteiger partial charge in [0, 0.05) is 28.0 Å². The van der Waals surface area contributed by atoms with Crippen molar-refractivity contribution in [1.82, 2.24) is 0 Å². The Labute approximate surface area is 300 Å². The molecule has 0 aromatic heterocycles. The molecule has 4 aliphatic rings. The summed E-state index contributed by atoms with van der Waals surface area (Å²) in [4.78, 5) is 4.28. The van der Waals surface area contributed by atoms with Crippen molar-refractivity contribution in [2.24, 2.45) is 4.99 Å². The predicted molar refractivity (Wildman–Crippen MR) is 193 cm³/mol. The van der Waals surface area contributed by atoms with Gasteiger partial charge in [0.1, 0.15) is 0 Å². The molecule has 0 saturated carbocycles. The Hall–Kier alpha value is -6.01. The highest BCUT2D eigenvalue weighted by atomic mass is 19.4. The molecular weight excluding hydrogens is 684 g/mol. The molecule has 0 saturated heterocycles. The van der Waals surface area contributed by atoms with E-state index < -0.39 is 23.5 Å². The van der Waals surface area contributed by atoms with Gasteiger partial charge in [0.15, 0.2) is 0 Å². The zero-order valence-corrected chi connectivity index (χ0v) is 28.3. The molecule has 0 radical (unpaired) electrons. The number of hydrogen-bond acceptors (Lipinski definition) is 3. The lowest BCUT2D eigenvalue weighted by Crippen LogP contribution is -2.20. The van der Waals surface area contributed by atoms with Crippen LogP contribution in [0.4, 0.5) is 26.3 Å². The number of hydrogen-bond donors (Lipinski definition) is 1. The lowest BCUT2D eigenvalue weighted by atomic mass is 9.74. The van der Waals surface area contributed by atoms with E-state index in [0.29, 0.717) is 34.5 Å². The molecule has 0 fully saturated rings. The zero-order chi connectivity index (χ0) is 37.2. The smallest absolute Gasteiger partial charge is 0.300 e. The van der Waals surface area contributed by atoms with E-state index in [9.17, 15) is 37.0 Å². The largest absolute Gasteiger partial charge is 0.416 e. The lowest BCUT2D eigenvalue weighted by molar-refractivity contribution is -0.138. The first-order chi connectivity index (χ1) is 25.1. The third-order valence-corrected chi connectivity index (χ3v) is 11.3. The first-order valence-electron chi connectivity index (χ1n) is 17.0. The maximum absolute atomic E-state index is 13.2. The number of rotatable bonds is 2. The van der Waals surface area contributed by atoms with Crippen LogP contribution >= 0.6 is 0 Å². The number of aliphatic imine (C=N–C) groups is 1. The maximum Gasteiger partial charge on any atom is 0.416 e. The molecule has 9 rings (SSSR count). The standard InChI is InChI=1S/C44H27F6N3/c1-42(2)38-19-30-28-13-7-24(22-3-9-26(10-4-22)43(45,46)47)15-34(28)40(52)35(30)17-32(38)33-18-37-31(20-39(33)42)29-14-8-25(16-36(29)41(37)53-21-51)23-5-11-27(12-6-23)44(48,49)50/h3-19,31,52H,20H2,1-2H3/b52-40?,53-41-. The number of nitrogens with one attached hydrogen (secondary N) is 1. The molecule has 5 aromatic carbocycles. The molecule has 5 aromatic rings. The lowest BCUT2D eigenvalue weighted by Gasteiger charge is -2.29. The van der Waals surface area contributed by atoms with E-state index in [1.165, 1.54) is 29.8 Å². The highest BCUT2D eigenvalue weighted by Gasteiger charge is 2.46. The molecule has 9 heteroatoms. The van der Waals surface area contributed by atoms with Crippen molar-refractivity contribution >= 4 is 17.0 Å². The minimum absolute atomic E-state index is 0.0550. The highest BCUT2D eigenvalue weighted by Crippen LogP contribution is 2.58. The quantitative estimate of drug-likeness (QED) is 0.141. The van der Waals surface area contributed by atoms with Crippen LogP contribution in [0.15, 0.2) is 119 Å². The molecule has 0 aliphatic heterocycles. The molecule has 1 N–H and O–H groups in total. The SMILES string of the molecule is CC1(C)C2=C(C=C3/C(=N\C#N)c4cc(-c5ccc(C(F)(F)F)cc5)ccc4C3C2)c2cc3c(cc21)-c1ccc(-c2ccc(C(F)(F)F)cc2)cc1C3=N. The van der Waals surface area contributed by atoms with Crippen molar-refractivity contribution in [1.29, 1.82) is 10.7 Å². The Morgan fingerprint density at radius 1 is 0.660 bits per heavy atom. The number of fused-ring (bicyclic) bond motifs is 8. The van der Waals surface area contributed by atoms with Gasteiger partial charge in [-0.15, -0.1) is 0 Å². The molecule has 0 spiro atoms. The van der Waals surface area contributed by atoms with Crippen molar-refractivity contribution in [3.05, 3.63) is 159 Å². The van der Waals surface area contributed by atoms with Crippen LogP contribution < -0.4 is 0 Å². The summed E-state index contributed by atoms with van der Waals surface area (Å²) in [6.07, 6.45) is -4.09. The molecule has 1 unspecified atom stereocenters. The Morgan fingerprint density at radius 3 is 1.79 bits per heavy atom. The second kappa shape index (κ2) is 11.0.